The molecule has 0 saturated heterocycles. The highest BCUT2D eigenvalue weighted by Gasteiger charge is 2.29. The number of thioether (sulfide) groups is 1. The van der Waals surface area contributed by atoms with E-state index in [1.54, 1.807) is 0 Å². The standard InChI is InChI=1S/C20H20N4OS/c1-21-18-15-9-5-6-10-16(15)23-20(24-18)26-17(13-7-3-2-4-8-13)19(25)22-14-11-12-14/h2-10,14,17H,11-12H2,1H3,(H,22,25)(H,21,23,24)/t17-/m1/s1. The third kappa shape index (κ3) is 3.65. The average molecular weight is 364 g/mol. The molecule has 1 aliphatic rings. The van der Waals surface area contributed by atoms with Crippen LogP contribution < -0.4 is 10.6 Å². The Morgan fingerprint density at radius 3 is 2.54 bits per heavy atom. The minimum absolute atomic E-state index is 0.0199. The van der Waals surface area contributed by atoms with Crippen molar-refractivity contribution in [2.75, 3.05) is 12.4 Å². The van der Waals surface area contributed by atoms with Gasteiger partial charge in [-0.2, -0.15) is 0 Å². The Morgan fingerprint density at radius 1 is 1.08 bits per heavy atom. The molecule has 1 fully saturated rings. The Labute approximate surface area is 156 Å². The van der Waals surface area contributed by atoms with E-state index in [2.05, 4.69) is 20.6 Å². The van der Waals surface area contributed by atoms with Gasteiger partial charge in [0.15, 0.2) is 5.16 Å². The number of para-hydroxylation sites is 1. The zero-order chi connectivity index (χ0) is 17.9. The van der Waals surface area contributed by atoms with E-state index in [1.165, 1.54) is 11.8 Å². The number of hydrogen-bond acceptors (Lipinski definition) is 5. The molecule has 1 saturated carbocycles. The summed E-state index contributed by atoms with van der Waals surface area (Å²) in [6.45, 7) is 0. The first-order valence-electron chi connectivity index (χ1n) is 8.71. The number of benzene rings is 2. The summed E-state index contributed by atoms with van der Waals surface area (Å²) in [5.41, 5.74) is 1.82. The van der Waals surface area contributed by atoms with Crippen LogP contribution in [0.1, 0.15) is 23.7 Å². The Hall–Kier alpha value is -2.60. The van der Waals surface area contributed by atoms with E-state index in [1.807, 2.05) is 61.6 Å². The van der Waals surface area contributed by atoms with Crippen molar-refractivity contribution in [2.24, 2.45) is 0 Å². The molecule has 1 amide bonds. The maximum absolute atomic E-state index is 12.8. The second kappa shape index (κ2) is 7.33. The molecule has 0 unspecified atom stereocenters. The van der Waals surface area contributed by atoms with E-state index in [0.29, 0.717) is 11.2 Å². The molecule has 2 N–H and O–H groups in total. The minimum atomic E-state index is -0.373. The first-order valence-corrected chi connectivity index (χ1v) is 9.59. The molecule has 1 aromatic heterocycles. The van der Waals surface area contributed by atoms with E-state index >= 15 is 0 Å². The van der Waals surface area contributed by atoms with Gasteiger partial charge in [0.05, 0.1) is 5.52 Å². The fourth-order valence-electron chi connectivity index (χ4n) is 2.81. The van der Waals surface area contributed by atoms with Crippen molar-refractivity contribution in [1.29, 1.82) is 0 Å². The molecule has 0 radical (unpaired) electrons. The summed E-state index contributed by atoms with van der Waals surface area (Å²) in [6, 6.07) is 18.0. The van der Waals surface area contributed by atoms with Crippen LogP contribution in [0.5, 0.6) is 0 Å². The first kappa shape index (κ1) is 16.8. The summed E-state index contributed by atoms with van der Waals surface area (Å²) < 4.78 is 0. The zero-order valence-corrected chi connectivity index (χ0v) is 15.3. The SMILES string of the molecule is CNc1nc(S[C@@H](C(=O)NC2CC2)c2ccccc2)nc2ccccc12. The Kier molecular flexibility index (Phi) is 4.75. The number of carbonyl (C=O) groups excluding carboxylic acids is 1. The van der Waals surface area contributed by atoms with Gasteiger partial charge in [-0.05, 0) is 30.5 Å². The van der Waals surface area contributed by atoms with Gasteiger partial charge in [-0.15, -0.1) is 0 Å². The molecule has 0 spiro atoms. The molecule has 26 heavy (non-hydrogen) atoms. The summed E-state index contributed by atoms with van der Waals surface area (Å²) >= 11 is 1.39. The monoisotopic (exact) mass is 364 g/mol. The molecule has 132 valence electrons. The van der Waals surface area contributed by atoms with Crippen LogP contribution in [0.25, 0.3) is 10.9 Å². The van der Waals surface area contributed by atoms with Gasteiger partial charge >= 0.3 is 0 Å². The van der Waals surface area contributed by atoms with Gasteiger partial charge in [-0.3, -0.25) is 4.79 Å². The molecule has 5 nitrogen and oxygen atoms in total. The number of anilines is 1. The van der Waals surface area contributed by atoms with Gasteiger partial charge in [0.25, 0.3) is 0 Å². The van der Waals surface area contributed by atoms with Crippen molar-refractivity contribution in [3.05, 3.63) is 60.2 Å². The first-order chi connectivity index (χ1) is 12.7. The van der Waals surface area contributed by atoms with Crippen LogP contribution in [0.2, 0.25) is 0 Å². The van der Waals surface area contributed by atoms with Crippen molar-refractivity contribution in [3.63, 3.8) is 0 Å². The van der Waals surface area contributed by atoms with Gasteiger partial charge in [-0.1, -0.05) is 54.2 Å². The van der Waals surface area contributed by atoms with Crippen LogP contribution in [0.4, 0.5) is 5.82 Å². The van der Waals surface area contributed by atoms with Crippen LogP contribution in [0.3, 0.4) is 0 Å². The maximum Gasteiger partial charge on any atom is 0.238 e. The van der Waals surface area contributed by atoms with Gasteiger partial charge in [0, 0.05) is 18.5 Å². The predicted octanol–water partition coefficient (Wildman–Crippen LogP) is 3.78. The Balaban J connectivity index is 1.68. The lowest BCUT2D eigenvalue weighted by Gasteiger charge is -2.17. The van der Waals surface area contributed by atoms with Gasteiger partial charge in [0.1, 0.15) is 11.1 Å². The highest BCUT2D eigenvalue weighted by Crippen LogP contribution is 2.36. The summed E-state index contributed by atoms with van der Waals surface area (Å²) in [4.78, 5) is 22.1. The molecule has 1 heterocycles. The summed E-state index contributed by atoms with van der Waals surface area (Å²) in [6.07, 6.45) is 2.13. The highest BCUT2D eigenvalue weighted by atomic mass is 32.2. The lowest BCUT2D eigenvalue weighted by molar-refractivity contribution is -0.120. The smallest absolute Gasteiger partial charge is 0.238 e. The van der Waals surface area contributed by atoms with E-state index in [4.69, 9.17) is 0 Å². The lowest BCUT2D eigenvalue weighted by Crippen LogP contribution is -2.29. The molecule has 0 aliphatic heterocycles. The molecule has 4 rings (SSSR count). The van der Waals surface area contributed by atoms with Crippen LogP contribution in [-0.4, -0.2) is 29.0 Å². The molecular weight excluding hydrogens is 344 g/mol. The maximum atomic E-state index is 12.8. The number of hydrogen-bond donors (Lipinski definition) is 2. The number of amides is 1. The van der Waals surface area contributed by atoms with Crippen molar-refractivity contribution < 1.29 is 4.79 Å². The zero-order valence-electron chi connectivity index (χ0n) is 14.5. The number of rotatable bonds is 6. The molecule has 2 aromatic carbocycles. The van der Waals surface area contributed by atoms with Crippen LogP contribution in [-0.2, 0) is 4.79 Å². The van der Waals surface area contributed by atoms with Crippen LogP contribution >= 0.6 is 11.8 Å². The van der Waals surface area contributed by atoms with E-state index in [9.17, 15) is 4.79 Å². The molecule has 1 aliphatic carbocycles. The topological polar surface area (TPSA) is 66.9 Å². The minimum Gasteiger partial charge on any atom is -0.372 e. The number of nitrogens with zero attached hydrogens (tertiary/aromatic N) is 2. The van der Waals surface area contributed by atoms with Gasteiger partial charge in [-0.25, -0.2) is 9.97 Å². The van der Waals surface area contributed by atoms with Gasteiger partial charge < -0.3 is 10.6 Å². The normalized spacial score (nSPS) is 14.8. The van der Waals surface area contributed by atoms with Crippen LogP contribution in [0.15, 0.2) is 59.8 Å². The van der Waals surface area contributed by atoms with Crippen molar-refractivity contribution in [1.82, 2.24) is 15.3 Å². The third-order valence-corrected chi connectivity index (χ3v) is 5.42. The van der Waals surface area contributed by atoms with Crippen LogP contribution in [0, 0.1) is 0 Å². The van der Waals surface area contributed by atoms with Crippen molar-refractivity contribution in [2.45, 2.75) is 29.3 Å². The number of carbonyl (C=O) groups is 1. The van der Waals surface area contributed by atoms with Crippen molar-refractivity contribution >= 4 is 34.4 Å². The Morgan fingerprint density at radius 2 is 1.81 bits per heavy atom. The predicted molar refractivity (Wildman–Crippen MR) is 105 cm³/mol. The Bertz CT molecular complexity index is 928. The third-order valence-electron chi connectivity index (χ3n) is 4.31. The summed E-state index contributed by atoms with van der Waals surface area (Å²) in [5.74, 6) is 0.791. The number of aromatic nitrogens is 2. The highest BCUT2D eigenvalue weighted by molar-refractivity contribution is 8.00. The number of fused-ring (bicyclic) bond motifs is 1. The molecular formula is C20H20N4OS. The molecule has 1 atom stereocenters. The summed E-state index contributed by atoms with van der Waals surface area (Å²) in [7, 11) is 1.84. The van der Waals surface area contributed by atoms with E-state index in [-0.39, 0.29) is 11.2 Å². The fraction of sp³-hybridized carbons (Fsp3) is 0.250. The second-order valence-corrected chi connectivity index (χ2v) is 7.39. The molecule has 6 heteroatoms. The van der Waals surface area contributed by atoms with E-state index < -0.39 is 0 Å². The average Bonchev–Trinajstić information content (AvgIpc) is 3.50. The largest absolute Gasteiger partial charge is 0.372 e. The number of nitrogens with one attached hydrogen (secondary N) is 2. The fourth-order valence-corrected chi connectivity index (χ4v) is 3.78. The van der Waals surface area contributed by atoms with Gasteiger partial charge in [0.2, 0.25) is 5.91 Å². The quantitative estimate of drug-likeness (QED) is 0.515. The van der Waals surface area contributed by atoms with E-state index in [0.717, 1.165) is 35.1 Å². The second-order valence-electron chi connectivity index (χ2n) is 6.31. The lowest BCUT2D eigenvalue weighted by atomic mass is 10.1. The molecule has 3 aromatic rings. The molecule has 0 bridgehead atoms. The summed E-state index contributed by atoms with van der Waals surface area (Å²) in [5, 5.41) is 7.43. The van der Waals surface area contributed by atoms with Crippen molar-refractivity contribution in [3.8, 4) is 0 Å².